The summed E-state index contributed by atoms with van der Waals surface area (Å²) in [5.41, 5.74) is 0.839. The predicted octanol–water partition coefficient (Wildman–Crippen LogP) is 4.93. The fourth-order valence-electron chi connectivity index (χ4n) is 2.57. The number of hydrogen-bond donors (Lipinski definition) is 1. The number of aromatic nitrogens is 1. The first-order chi connectivity index (χ1) is 11.3. The van der Waals surface area contributed by atoms with Gasteiger partial charge in [0, 0.05) is 10.9 Å². The number of fused-ring (bicyclic) bond motifs is 1. The SMILES string of the molecule is Cc1cccc2c(C(=O)O)cc(-c3cccc(C(F)(F)F)c3)nc12. The second kappa shape index (κ2) is 5.63. The highest BCUT2D eigenvalue weighted by molar-refractivity contribution is 6.04. The maximum absolute atomic E-state index is 12.9. The molecule has 0 fully saturated rings. The molecule has 0 aliphatic heterocycles. The largest absolute Gasteiger partial charge is 0.478 e. The van der Waals surface area contributed by atoms with Gasteiger partial charge in [-0.25, -0.2) is 9.78 Å². The molecule has 0 unspecified atom stereocenters. The number of para-hydroxylation sites is 1. The Kier molecular flexibility index (Phi) is 3.75. The van der Waals surface area contributed by atoms with Crippen molar-refractivity contribution in [3.63, 3.8) is 0 Å². The van der Waals surface area contributed by atoms with Crippen molar-refractivity contribution in [2.45, 2.75) is 13.1 Å². The Bertz CT molecular complexity index is 949. The molecule has 6 heteroatoms. The van der Waals surface area contributed by atoms with E-state index in [1.165, 1.54) is 18.2 Å². The third kappa shape index (κ3) is 2.82. The Morgan fingerprint density at radius 2 is 1.79 bits per heavy atom. The van der Waals surface area contributed by atoms with E-state index < -0.39 is 17.7 Å². The first-order valence-corrected chi connectivity index (χ1v) is 7.08. The summed E-state index contributed by atoms with van der Waals surface area (Å²) in [4.78, 5) is 15.9. The lowest BCUT2D eigenvalue weighted by atomic mass is 10.0. The molecule has 0 saturated heterocycles. The lowest BCUT2D eigenvalue weighted by molar-refractivity contribution is -0.137. The van der Waals surface area contributed by atoms with Crippen LogP contribution in [-0.4, -0.2) is 16.1 Å². The Labute approximate surface area is 135 Å². The van der Waals surface area contributed by atoms with E-state index in [1.807, 2.05) is 0 Å². The summed E-state index contributed by atoms with van der Waals surface area (Å²) in [6, 6.07) is 11.1. The molecule has 122 valence electrons. The van der Waals surface area contributed by atoms with Gasteiger partial charge in [-0.15, -0.1) is 0 Å². The number of aryl methyl sites for hydroxylation is 1. The van der Waals surface area contributed by atoms with E-state index in [9.17, 15) is 23.1 Å². The van der Waals surface area contributed by atoms with Gasteiger partial charge < -0.3 is 5.11 Å². The van der Waals surface area contributed by atoms with Crippen LogP contribution in [0.15, 0.2) is 48.5 Å². The first kappa shape index (κ1) is 16.0. The number of hydrogen-bond acceptors (Lipinski definition) is 2. The highest BCUT2D eigenvalue weighted by atomic mass is 19.4. The standard InChI is InChI=1S/C18H12F3NO2/c1-10-4-2-7-13-14(17(23)24)9-15(22-16(10)13)11-5-3-6-12(8-11)18(19,20)21/h2-9H,1H3,(H,23,24). The average Bonchev–Trinajstić information content (AvgIpc) is 2.53. The second-order valence-corrected chi connectivity index (χ2v) is 5.41. The van der Waals surface area contributed by atoms with Crippen LogP contribution in [-0.2, 0) is 6.18 Å². The van der Waals surface area contributed by atoms with Crippen molar-refractivity contribution >= 4 is 16.9 Å². The first-order valence-electron chi connectivity index (χ1n) is 7.08. The summed E-state index contributed by atoms with van der Waals surface area (Å²) in [5.74, 6) is -1.15. The molecule has 0 amide bonds. The van der Waals surface area contributed by atoms with Gasteiger partial charge in [0.15, 0.2) is 0 Å². The van der Waals surface area contributed by atoms with Crippen LogP contribution in [0.3, 0.4) is 0 Å². The number of nitrogens with zero attached hydrogens (tertiary/aromatic N) is 1. The molecule has 0 atom stereocenters. The van der Waals surface area contributed by atoms with Crippen LogP contribution in [0.4, 0.5) is 13.2 Å². The van der Waals surface area contributed by atoms with E-state index in [-0.39, 0.29) is 16.8 Å². The molecule has 3 aromatic rings. The average molecular weight is 331 g/mol. The van der Waals surface area contributed by atoms with Gasteiger partial charge in [-0.2, -0.15) is 13.2 Å². The van der Waals surface area contributed by atoms with Crippen molar-refractivity contribution in [1.82, 2.24) is 4.98 Å². The van der Waals surface area contributed by atoms with Gasteiger partial charge in [0.05, 0.1) is 22.3 Å². The number of halogens is 3. The van der Waals surface area contributed by atoms with Crippen LogP contribution in [0.25, 0.3) is 22.2 Å². The molecule has 0 saturated carbocycles. The molecule has 3 nitrogen and oxygen atoms in total. The van der Waals surface area contributed by atoms with Crippen LogP contribution >= 0.6 is 0 Å². The Morgan fingerprint density at radius 3 is 2.46 bits per heavy atom. The monoisotopic (exact) mass is 331 g/mol. The van der Waals surface area contributed by atoms with Crippen molar-refractivity contribution < 1.29 is 23.1 Å². The van der Waals surface area contributed by atoms with E-state index in [0.717, 1.165) is 17.7 Å². The predicted molar refractivity (Wildman–Crippen MR) is 83.9 cm³/mol. The summed E-state index contributed by atoms with van der Waals surface area (Å²) in [5, 5.41) is 9.88. The van der Waals surface area contributed by atoms with Crippen molar-refractivity contribution in [3.8, 4) is 11.3 Å². The highest BCUT2D eigenvalue weighted by Crippen LogP contribution is 2.33. The molecule has 0 radical (unpaired) electrons. The summed E-state index contributed by atoms with van der Waals surface area (Å²) >= 11 is 0. The molecule has 1 aromatic heterocycles. The maximum atomic E-state index is 12.9. The molecular formula is C18H12F3NO2. The van der Waals surface area contributed by atoms with Gasteiger partial charge in [-0.3, -0.25) is 0 Å². The minimum absolute atomic E-state index is 0.0103. The highest BCUT2D eigenvalue weighted by Gasteiger charge is 2.30. The zero-order valence-corrected chi connectivity index (χ0v) is 12.6. The molecule has 1 N–H and O–H groups in total. The van der Waals surface area contributed by atoms with E-state index >= 15 is 0 Å². The number of pyridine rings is 1. The lowest BCUT2D eigenvalue weighted by Gasteiger charge is -2.11. The van der Waals surface area contributed by atoms with Crippen LogP contribution < -0.4 is 0 Å². The van der Waals surface area contributed by atoms with Crippen molar-refractivity contribution in [1.29, 1.82) is 0 Å². The third-order valence-corrected chi connectivity index (χ3v) is 3.76. The van der Waals surface area contributed by atoms with Gasteiger partial charge in [0.2, 0.25) is 0 Å². The molecule has 24 heavy (non-hydrogen) atoms. The smallest absolute Gasteiger partial charge is 0.416 e. The Morgan fingerprint density at radius 1 is 1.08 bits per heavy atom. The molecule has 0 aliphatic rings. The second-order valence-electron chi connectivity index (χ2n) is 5.41. The van der Waals surface area contributed by atoms with E-state index in [2.05, 4.69) is 4.98 Å². The van der Waals surface area contributed by atoms with Crippen LogP contribution in [0.5, 0.6) is 0 Å². The van der Waals surface area contributed by atoms with Crippen LogP contribution in [0.1, 0.15) is 21.5 Å². The molecular weight excluding hydrogens is 319 g/mol. The van der Waals surface area contributed by atoms with Gasteiger partial charge in [0.1, 0.15) is 0 Å². The Balaban J connectivity index is 2.28. The fraction of sp³-hybridized carbons (Fsp3) is 0.111. The van der Waals surface area contributed by atoms with E-state index in [0.29, 0.717) is 10.9 Å². The zero-order valence-electron chi connectivity index (χ0n) is 12.6. The van der Waals surface area contributed by atoms with Crippen molar-refractivity contribution in [2.24, 2.45) is 0 Å². The third-order valence-electron chi connectivity index (χ3n) is 3.76. The number of carboxylic acid groups (broad SMARTS) is 1. The minimum Gasteiger partial charge on any atom is -0.478 e. The molecule has 0 bridgehead atoms. The molecule has 3 rings (SSSR count). The minimum atomic E-state index is -4.47. The summed E-state index contributed by atoms with van der Waals surface area (Å²) in [6.07, 6.45) is -4.47. The molecule has 0 aliphatic carbocycles. The normalized spacial score (nSPS) is 11.7. The summed E-state index contributed by atoms with van der Waals surface area (Å²) in [7, 11) is 0. The fourth-order valence-corrected chi connectivity index (χ4v) is 2.57. The molecule has 2 aromatic carbocycles. The summed E-state index contributed by atoms with van der Waals surface area (Å²) in [6.45, 7) is 1.77. The van der Waals surface area contributed by atoms with Gasteiger partial charge >= 0.3 is 12.1 Å². The number of carboxylic acids is 1. The topological polar surface area (TPSA) is 50.2 Å². The number of benzene rings is 2. The van der Waals surface area contributed by atoms with Gasteiger partial charge in [0.25, 0.3) is 0 Å². The lowest BCUT2D eigenvalue weighted by Crippen LogP contribution is -2.05. The number of alkyl halides is 3. The number of rotatable bonds is 2. The maximum Gasteiger partial charge on any atom is 0.416 e. The van der Waals surface area contributed by atoms with Gasteiger partial charge in [-0.05, 0) is 30.7 Å². The quantitative estimate of drug-likeness (QED) is 0.724. The Hall–Kier alpha value is -2.89. The van der Waals surface area contributed by atoms with E-state index in [1.54, 1.807) is 25.1 Å². The van der Waals surface area contributed by atoms with Crippen LogP contribution in [0, 0.1) is 6.92 Å². The number of carbonyl (C=O) groups is 1. The zero-order chi connectivity index (χ0) is 17.5. The van der Waals surface area contributed by atoms with Crippen molar-refractivity contribution in [3.05, 3.63) is 65.2 Å². The van der Waals surface area contributed by atoms with Gasteiger partial charge in [-0.1, -0.05) is 30.3 Å². The van der Waals surface area contributed by atoms with E-state index in [4.69, 9.17) is 0 Å². The number of aromatic carboxylic acids is 1. The van der Waals surface area contributed by atoms with Crippen LogP contribution in [0.2, 0.25) is 0 Å². The summed E-state index contributed by atoms with van der Waals surface area (Å²) < 4.78 is 38.7. The molecule has 0 spiro atoms. The molecule has 1 heterocycles. The van der Waals surface area contributed by atoms with Crippen molar-refractivity contribution in [2.75, 3.05) is 0 Å².